The molecule has 2 aliphatic rings. The summed E-state index contributed by atoms with van der Waals surface area (Å²) in [6, 6.07) is 17.5. The van der Waals surface area contributed by atoms with Crippen LogP contribution in [0, 0.1) is 18.3 Å². The van der Waals surface area contributed by atoms with Gasteiger partial charge in [0.1, 0.15) is 5.82 Å². The minimum atomic E-state index is -0.426. The number of allylic oxidation sites excluding steroid dienone is 3. The molecule has 0 spiro atoms. The zero-order chi connectivity index (χ0) is 19.8. The third kappa shape index (κ3) is 2.80. The molecule has 5 heteroatoms. The molecule has 0 unspecified atom stereocenters. The summed E-state index contributed by atoms with van der Waals surface area (Å²) in [6.07, 6.45) is 1.99. The summed E-state index contributed by atoms with van der Waals surface area (Å²) < 4.78 is 0. The molecule has 2 aromatic carbocycles. The van der Waals surface area contributed by atoms with Crippen LogP contribution in [0.5, 0.6) is 0 Å². The smallest absolute Gasteiger partial charge is 0.161 e. The molecule has 4 rings (SSSR count). The molecule has 1 aliphatic heterocycles. The first kappa shape index (κ1) is 18.3. The molecule has 140 valence electrons. The van der Waals surface area contributed by atoms with Crippen molar-refractivity contribution in [1.29, 1.82) is 5.26 Å². The molecule has 1 atom stereocenters. The van der Waals surface area contributed by atoms with Gasteiger partial charge in [-0.25, -0.2) is 0 Å². The van der Waals surface area contributed by atoms with E-state index in [1.54, 1.807) is 0 Å². The van der Waals surface area contributed by atoms with Gasteiger partial charge in [0.05, 0.1) is 23.2 Å². The van der Waals surface area contributed by atoms with E-state index in [4.69, 9.17) is 17.3 Å². The summed E-state index contributed by atoms with van der Waals surface area (Å²) in [5.41, 5.74) is 11.1. The fourth-order valence-corrected chi connectivity index (χ4v) is 4.35. The standard InChI is InChI=1S/C23H20ClN3O/c1-14-17(24)9-5-10-18(14)27-19-11-6-12-20(28)22(19)21(16(13-25)23(27)26)15-7-3-2-4-8-15/h2-5,7-10,21H,6,11-12,26H2,1H3/t21-/m0/s1. The number of Topliss-reactive ketones (excluding diaryl/α,β-unsaturated/α-hetero) is 1. The fourth-order valence-electron chi connectivity index (χ4n) is 4.18. The van der Waals surface area contributed by atoms with Gasteiger partial charge in [0, 0.05) is 22.7 Å². The predicted octanol–water partition coefficient (Wildman–Crippen LogP) is 4.95. The molecule has 1 aliphatic carbocycles. The van der Waals surface area contributed by atoms with E-state index in [1.807, 2.05) is 60.4 Å². The monoisotopic (exact) mass is 389 g/mol. The molecule has 2 N–H and O–H groups in total. The Morgan fingerprint density at radius 3 is 2.61 bits per heavy atom. The first-order chi connectivity index (χ1) is 13.5. The number of ketones is 1. The lowest BCUT2D eigenvalue weighted by atomic mass is 9.75. The molecule has 0 amide bonds. The molecule has 28 heavy (non-hydrogen) atoms. The first-order valence-electron chi connectivity index (χ1n) is 9.30. The van der Waals surface area contributed by atoms with E-state index in [1.165, 1.54) is 0 Å². The molecule has 0 saturated heterocycles. The van der Waals surface area contributed by atoms with Gasteiger partial charge in [0.25, 0.3) is 0 Å². The topological polar surface area (TPSA) is 70.1 Å². The van der Waals surface area contributed by atoms with Crippen molar-refractivity contribution in [1.82, 2.24) is 0 Å². The number of anilines is 1. The highest BCUT2D eigenvalue weighted by atomic mass is 35.5. The van der Waals surface area contributed by atoms with Gasteiger partial charge in [-0.1, -0.05) is 48.0 Å². The molecule has 0 fully saturated rings. The van der Waals surface area contributed by atoms with Crippen molar-refractivity contribution < 1.29 is 4.79 Å². The Hall–Kier alpha value is -3.03. The van der Waals surface area contributed by atoms with E-state index in [9.17, 15) is 10.1 Å². The minimum Gasteiger partial charge on any atom is -0.384 e. The van der Waals surface area contributed by atoms with Gasteiger partial charge in [0.15, 0.2) is 5.78 Å². The highest BCUT2D eigenvalue weighted by molar-refractivity contribution is 6.31. The maximum Gasteiger partial charge on any atom is 0.161 e. The second-order valence-corrected chi connectivity index (χ2v) is 7.52. The van der Waals surface area contributed by atoms with Crippen LogP contribution < -0.4 is 10.6 Å². The normalized spacial score (nSPS) is 19.5. The predicted molar refractivity (Wildman–Crippen MR) is 111 cm³/mol. The zero-order valence-corrected chi connectivity index (χ0v) is 16.3. The van der Waals surface area contributed by atoms with Crippen molar-refractivity contribution in [2.45, 2.75) is 32.1 Å². The second kappa shape index (κ2) is 7.18. The largest absolute Gasteiger partial charge is 0.384 e. The lowest BCUT2D eigenvalue weighted by Crippen LogP contribution is -2.39. The maximum absolute atomic E-state index is 13.0. The summed E-state index contributed by atoms with van der Waals surface area (Å²) in [6.45, 7) is 1.92. The number of carbonyl (C=O) groups is 1. The molecule has 2 aromatic rings. The maximum atomic E-state index is 13.0. The van der Waals surface area contributed by atoms with Crippen LogP contribution in [0.1, 0.15) is 36.3 Å². The Morgan fingerprint density at radius 2 is 1.89 bits per heavy atom. The number of carbonyl (C=O) groups excluding carboxylic acids is 1. The average Bonchev–Trinajstić information content (AvgIpc) is 2.71. The van der Waals surface area contributed by atoms with Gasteiger partial charge in [-0.05, 0) is 43.0 Å². The number of nitrogens with zero attached hydrogens (tertiary/aromatic N) is 2. The lowest BCUT2D eigenvalue weighted by Gasteiger charge is -2.40. The van der Waals surface area contributed by atoms with Crippen molar-refractivity contribution in [2.75, 3.05) is 4.90 Å². The van der Waals surface area contributed by atoms with E-state index in [2.05, 4.69) is 6.07 Å². The number of halogens is 1. The molecule has 0 radical (unpaired) electrons. The average molecular weight is 390 g/mol. The Balaban J connectivity index is 2.01. The molecule has 0 bridgehead atoms. The Labute approximate surface area is 169 Å². The third-order valence-corrected chi connectivity index (χ3v) is 5.94. The van der Waals surface area contributed by atoms with Gasteiger partial charge < -0.3 is 5.73 Å². The number of hydrogen-bond acceptors (Lipinski definition) is 4. The molecule has 0 aromatic heterocycles. The molecular formula is C23H20ClN3O. The van der Waals surface area contributed by atoms with Crippen LogP contribution in [-0.2, 0) is 4.79 Å². The van der Waals surface area contributed by atoms with Gasteiger partial charge in [0.2, 0.25) is 0 Å². The van der Waals surface area contributed by atoms with Crippen LogP contribution in [0.3, 0.4) is 0 Å². The van der Waals surface area contributed by atoms with E-state index < -0.39 is 5.92 Å². The van der Waals surface area contributed by atoms with Gasteiger partial charge in [-0.15, -0.1) is 0 Å². The fraction of sp³-hybridized carbons (Fsp3) is 0.217. The van der Waals surface area contributed by atoms with Crippen molar-refractivity contribution in [3.63, 3.8) is 0 Å². The number of nitrogens with two attached hydrogens (primary N) is 1. The summed E-state index contributed by atoms with van der Waals surface area (Å²) in [7, 11) is 0. The molecule has 1 heterocycles. The van der Waals surface area contributed by atoms with Crippen LogP contribution in [0.25, 0.3) is 0 Å². The number of rotatable bonds is 2. The Morgan fingerprint density at radius 1 is 1.14 bits per heavy atom. The zero-order valence-electron chi connectivity index (χ0n) is 15.6. The van der Waals surface area contributed by atoms with Gasteiger partial charge in [-0.3, -0.25) is 9.69 Å². The van der Waals surface area contributed by atoms with E-state index >= 15 is 0 Å². The van der Waals surface area contributed by atoms with E-state index in [-0.39, 0.29) is 5.78 Å². The first-order valence-corrected chi connectivity index (χ1v) is 9.68. The molecular weight excluding hydrogens is 370 g/mol. The van der Waals surface area contributed by atoms with Gasteiger partial charge in [-0.2, -0.15) is 5.26 Å². The summed E-state index contributed by atoms with van der Waals surface area (Å²) in [5, 5.41) is 10.6. The van der Waals surface area contributed by atoms with Crippen molar-refractivity contribution in [2.24, 2.45) is 5.73 Å². The van der Waals surface area contributed by atoms with Crippen molar-refractivity contribution >= 4 is 23.1 Å². The van der Waals surface area contributed by atoms with Crippen LogP contribution in [-0.4, -0.2) is 5.78 Å². The highest BCUT2D eigenvalue weighted by Gasteiger charge is 2.40. The lowest BCUT2D eigenvalue weighted by molar-refractivity contribution is -0.116. The quantitative estimate of drug-likeness (QED) is 0.788. The Kier molecular flexibility index (Phi) is 4.70. The summed E-state index contributed by atoms with van der Waals surface area (Å²) >= 11 is 6.35. The van der Waals surface area contributed by atoms with Crippen LogP contribution >= 0.6 is 11.6 Å². The SMILES string of the molecule is Cc1c(Cl)cccc1N1C(N)=C(C#N)[C@H](c2ccccc2)C2=C1CCCC2=O. The molecule has 4 nitrogen and oxygen atoms in total. The minimum absolute atomic E-state index is 0.0834. The van der Waals surface area contributed by atoms with Crippen molar-refractivity contribution in [3.05, 3.63) is 87.3 Å². The highest BCUT2D eigenvalue weighted by Crippen LogP contribution is 2.47. The van der Waals surface area contributed by atoms with Gasteiger partial charge >= 0.3 is 0 Å². The summed E-state index contributed by atoms with van der Waals surface area (Å²) in [5.74, 6) is 0.0277. The van der Waals surface area contributed by atoms with Crippen LogP contribution in [0.15, 0.2) is 71.2 Å². The second-order valence-electron chi connectivity index (χ2n) is 7.11. The number of benzene rings is 2. The number of nitriles is 1. The number of hydrogen-bond donors (Lipinski definition) is 1. The summed E-state index contributed by atoms with van der Waals surface area (Å²) in [4.78, 5) is 14.9. The Bertz CT molecular complexity index is 1060. The third-order valence-electron chi connectivity index (χ3n) is 5.53. The van der Waals surface area contributed by atoms with Crippen LogP contribution in [0.4, 0.5) is 5.69 Å². The molecule has 0 saturated carbocycles. The van der Waals surface area contributed by atoms with Crippen molar-refractivity contribution in [3.8, 4) is 6.07 Å². The van der Waals surface area contributed by atoms with E-state index in [0.29, 0.717) is 28.4 Å². The van der Waals surface area contributed by atoms with E-state index in [0.717, 1.165) is 35.4 Å². The van der Waals surface area contributed by atoms with Crippen LogP contribution in [0.2, 0.25) is 5.02 Å².